The zero-order valence-corrected chi connectivity index (χ0v) is 12.6. The van der Waals surface area contributed by atoms with Gasteiger partial charge in [0.25, 0.3) is 0 Å². The summed E-state index contributed by atoms with van der Waals surface area (Å²) in [4.78, 5) is 0. The minimum atomic E-state index is -0.0523. The number of hydrogen-bond acceptors (Lipinski definition) is 2. The molecular formula is C18H22N2. The molecule has 0 amide bonds. The van der Waals surface area contributed by atoms with Gasteiger partial charge in [0.05, 0.1) is 0 Å². The average Bonchev–Trinajstić information content (AvgIpc) is 2.36. The first kappa shape index (κ1) is 13.0. The van der Waals surface area contributed by atoms with Crippen molar-refractivity contribution in [2.45, 2.75) is 38.5 Å². The quantitative estimate of drug-likeness (QED) is 0.712. The Morgan fingerprint density at radius 1 is 0.600 bits per heavy atom. The van der Waals surface area contributed by atoms with Crippen LogP contribution in [-0.4, -0.2) is 0 Å². The molecule has 0 bridgehead atoms. The summed E-state index contributed by atoms with van der Waals surface area (Å²) in [5, 5.41) is 0. The lowest BCUT2D eigenvalue weighted by Crippen LogP contribution is -2.36. The number of nitrogen functional groups attached to an aromatic ring is 2. The number of anilines is 2. The van der Waals surface area contributed by atoms with Crippen molar-refractivity contribution in [2.24, 2.45) is 0 Å². The van der Waals surface area contributed by atoms with Crippen molar-refractivity contribution in [3.8, 4) is 0 Å². The Morgan fingerprint density at radius 3 is 1.30 bits per heavy atom. The average molecular weight is 266 g/mol. The Kier molecular flexibility index (Phi) is 2.47. The van der Waals surface area contributed by atoms with Crippen LogP contribution < -0.4 is 11.5 Å². The summed E-state index contributed by atoms with van der Waals surface area (Å²) in [6.45, 7) is 9.04. The first-order valence-electron chi connectivity index (χ1n) is 7.05. The monoisotopic (exact) mass is 266 g/mol. The van der Waals surface area contributed by atoms with Crippen LogP contribution in [0.5, 0.6) is 0 Å². The van der Waals surface area contributed by atoms with E-state index < -0.39 is 0 Å². The lowest BCUT2D eigenvalue weighted by atomic mass is 9.60. The van der Waals surface area contributed by atoms with E-state index in [9.17, 15) is 0 Å². The second-order valence-corrected chi connectivity index (χ2v) is 6.86. The summed E-state index contributed by atoms with van der Waals surface area (Å²) in [5.74, 6) is 0. The molecule has 0 spiro atoms. The molecule has 2 nitrogen and oxygen atoms in total. The molecule has 0 unspecified atom stereocenters. The normalized spacial score (nSPS) is 18.2. The maximum Gasteiger partial charge on any atom is 0.0317 e. The van der Waals surface area contributed by atoms with Gasteiger partial charge in [-0.25, -0.2) is 0 Å². The van der Waals surface area contributed by atoms with Crippen molar-refractivity contribution < 1.29 is 0 Å². The first-order chi connectivity index (χ1) is 9.24. The molecule has 0 atom stereocenters. The maximum atomic E-state index is 6.02. The van der Waals surface area contributed by atoms with E-state index in [1.807, 2.05) is 12.1 Å². The second kappa shape index (κ2) is 3.78. The van der Waals surface area contributed by atoms with Gasteiger partial charge in [-0.3, -0.25) is 0 Å². The molecule has 2 aromatic carbocycles. The van der Waals surface area contributed by atoms with E-state index in [0.29, 0.717) is 0 Å². The SMILES string of the molecule is CC1(C)c2ccc(N)cc2C(C)(C)c2ccc(N)cc21. The van der Waals surface area contributed by atoms with Crippen LogP contribution in [0.1, 0.15) is 49.9 Å². The zero-order valence-electron chi connectivity index (χ0n) is 12.6. The van der Waals surface area contributed by atoms with Gasteiger partial charge in [0.1, 0.15) is 0 Å². The molecule has 0 aromatic heterocycles. The second-order valence-electron chi connectivity index (χ2n) is 6.86. The highest BCUT2D eigenvalue weighted by atomic mass is 14.6. The summed E-state index contributed by atoms with van der Waals surface area (Å²) in [6.07, 6.45) is 0. The van der Waals surface area contributed by atoms with Gasteiger partial charge in [0.2, 0.25) is 0 Å². The third-order valence-corrected chi connectivity index (χ3v) is 4.78. The van der Waals surface area contributed by atoms with Crippen LogP contribution in [0, 0.1) is 0 Å². The van der Waals surface area contributed by atoms with Crippen LogP contribution in [-0.2, 0) is 10.8 Å². The Bertz CT molecular complexity index is 635. The highest BCUT2D eigenvalue weighted by Gasteiger charge is 2.41. The maximum absolute atomic E-state index is 6.02. The van der Waals surface area contributed by atoms with Gasteiger partial charge >= 0.3 is 0 Å². The number of benzene rings is 2. The van der Waals surface area contributed by atoms with E-state index >= 15 is 0 Å². The van der Waals surface area contributed by atoms with Gasteiger partial charge in [-0.2, -0.15) is 0 Å². The third kappa shape index (κ3) is 1.57. The Labute approximate surface area is 120 Å². The Morgan fingerprint density at radius 2 is 0.950 bits per heavy atom. The number of rotatable bonds is 0. The standard InChI is InChI=1S/C18H22N2/c1-17(2)13-7-5-12(20)10-16(13)18(3,4)14-8-6-11(19)9-15(14)17/h5-10H,19-20H2,1-4H3. The van der Waals surface area contributed by atoms with Crippen LogP contribution in [0.2, 0.25) is 0 Å². The van der Waals surface area contributed by atoms with Crippen LogP contribution in [0.4, 0.5) is 11.4 Å². The fourth-order valence-corrected chi connectivity index (χ4v) is 3.54. The van der Waals surface area contributed by atoms with Crippen LogP contribution >= 0.6 is 0 Å². The van der Waals surface area contributed by atoms with E-state index in [1.165, 1.54) is 22.3 Å². The highest BCUT2D eigenvalue weighted by Crippen LogP contribution is 2.50. The summed E-state index contributed by atoms with van der Waals surface area (Å²) in [7, 11) is 0. The van der Waals surface area contributed by atoms with Crippen molar-refractivity contribution in [3.63, 3.8) is 0 Å². The lowest BCUT2D eigenvalue weighted by Gasteiger charge is -2.44. The molecule has 0 saturated carbocycles. The number of hydrogen-bond donors (Lipinski definition) is 2. The summed E-state index contributed by atoms with van der Waals surface area (Å²) in [6, 6.07) is 12.6. The predicted octanol–water partition coefficient (Wildman–Crippen LogP) is 3.82. The lowest BCUT2D eigenvalue weighted by molar-refractivity contribution is 0.521. The smallest absolute Gasteiger partial charge is 0.0317 e. The molecule has 0 saturated heterocycles. The first-order valence-corrected chi connectivity index (χ1v) is 7.05. The molecule has 1 aliphatic rings. The summed E-state index contributed by atoms with van der Waals surface area (Å²) < 4.78 is 0. The minimum Gasteiger partial charge on any atom is -0.399 e. The van der Waals surface area contributed by atoms with Crippen molar-refractivity contribution >= 4 is 11.4 Å². The van der Waals surface area contributed by atoms with E-state index in [4.69, 9.17) is 11.5 Å². The van der Waals surface area contributed by atoms with Crippen LogP contribution in [0.15, 0.2) is 36.4 Å². The van der Waals surface area contributed by atoms with Gasteiger partial charge < -0.3 is 11.5 Å². The number of fused-ring (bicyclic) bond motifs is 2. The van der Waals surface area contributed by atoms with Gasteiger partial charge in [-0.1, -0.05) is 39.8 Å². The zero-order chi connectivity index (χ0) is 14.7. The van der Waals surface area contributed by atoms with Crippen LogP contribution in [0.25, 0.3) is 0 Å². The van der Waals surface area contributed by atoms with Gasteiger partial charge in [-0.05, 0) is 46.5 Å². The molecule has 3 rings (SSSR count). The van der Waals surface area contributed by atoms with E-state index in [-0.39, 0.29) is 10.8 Å². The minimum absolute atomic E-state index is 0.0523. The van der Waals surface area contributed by atoms with Crippen molar-refractivity contribution in [1.29, 1.82) is 0 Å². The molecule has 104 valence electrons. The molecule has 2 aromatic rings. The molecule has 4 N–H and O–H groups in total. The molecule has 1 aliphatic carbocycles. The fraction of sp³-hybridized carbons (Fsp3) is 0.333. The van der Waals surface area contributed by atoms with Crippen molar-refractivity contribution in [2.75, 3.05) is 11.5 Å². The Hall–Kier alpha value is -1.96. The van der Waals surface area contributed by atoms with Gasteiger partial charge in [-0.15, -0.1) is 0 Å². The molecule has 0 aliphatic heterocycles. The molecular weight excluding hydrogens is 244 g/mol. The summed E-state index contributed by atoms with van der Waals surface area (Å²) >= 11 is 0. The molecule has 0 fully saturated rings. The highest BCUT2D eigenvalue weighted by molar-refractivity contribution is 5.64. The molecule has 2 heteroatoms. The fourth-order valence-electron chi connectivity index (χ4n) is 3.54. The van der Waals surface area contributed by atoms with Crippen molar-refractivity contribution in [3.05, 3.63) is 58.7 Å². The number of nitrogens with two attached hydrogens (primary N) is 2. The van der Waals surface area contributed by atoms with E-state index in [1.54, 1.807) is 0 Å². The topological polar surface area (TPSA) is 52.0 Å². The molecule has 20 heavy (non-hydrogen) atoms. The van der Waals surface area contributed by atoms with Gasteiger partial charge in [0, 0.05) is 22.2 Å². The third-order valence-electron chi connectivity index (χ3n) is 4.78. The molecule has 0 heterocycles. The van der Waals surface area contributed by atoms with Crippen molar-refractivity contribution in [1.82, 2.24) is 0 Å². The van der Waals surface area contributed by atoms with E-state index in [2.05, 4.69) is 52.0 Å². The Balaban J connectivity index is 2.40. The van der Waals surface area contributed by atoms with Crippen LogP contribution in [0.3, 0.4) is 0 Å². The van der Waals surface area contributed by atoms with E-state index in [0.717, 1.165) is 11.4 Å². The largest absolute Gasteiger partial charge is 0.399 e. The molecule has 0 radical (unpaired) electrons. The summed E-state index contributed by atoms with van der Waals surface area (Å²) in [5.41, 5.74) is 18.9. The van der Waals surface area contributed by atoms with Gasteiger partial charge in [0.15, 0.2) is 0 Å². The predicted molar refractivity (Wildman–Crippen MR) is 86.0 cm³/mol.